The largest absolute Gasteiger partial charge is 0.441 e. The molecule has 0 spiro atoms. The van der Waals surface area contributed by atoms with Gasteiger partial charge in [0.1, 0.15) is 0 Å². The Hall–Kier alpha value is -0.680. The second kappa shape index (κ2) is 7.05. The number of halogens is 3. The molecule has 1 aromatic carbocycles. The van der Waals surface area contributed by atoms with Crippen LogP contribution in [0, 0.1) is 0 Å². The molecule has 0 aliphatic heterocycles. The number of thioether (sulfide) groups is 1. The fourth-order valence-electron chi connectivity index (χ4n) is 3.27. The first-order chi connectivity index (χ1) is 9.97. The zero-order valence-electron chi connectivity index (χ0n) is 12.3. The highest BCUT2D eigenvalue weighted by molar-refractivity contribution is 8.00. The molecule has 1 aromatic rings. The Labute approximate surface area is 128 Å². The van der Waals surface area contributed by atoms with Gasteiger partial charge in [-0.25, -0.2) is 0 Å². The van der Waals surface area contributed by atoms with Crippen molar-refractivity contribution < 1.29 is 13.2 Å². The van der Waals surface area contributed by atoms with Crippen molar-refractivity contribution in [3.05, 3.63) is 35.4 Å². The van der Waals surface area contributed by atoms with Gasteiger partial charge >= 0.3 is 5.51 Å². The Balaban J connectivity index is 2.18. The van der Waals surface area contributed by atoms with Gasteiger partial charge in [0.05, 0.1) is 0 Å². The first-order valence-corrected chi connectivity index (χ1v) is 8.45. The van der Waals surface area contributed by atoms with Gasteiger partial charge in [0.2, 0.25) is 0 Å². The molecular weight excluding hydrogens is 295 g/mol. The van der Waals surface area contributed by atoms with E-state index >= 15 is 0 Å². The molecule has 1 aliphatic rings. The Morgan fingerprint density at radius 1 is 1.29 bits per heavy atom. The third-order valence-corrected chi connectivity index (χ3v) is 4.99. The maximum absolute atomic E-state index is 12.4. The number of likely N-dealkylation sites (N-methyl/N-ethyl adjacent to an activating group) is 1. The zero-order chi connectivity index (χ0) is 15.3. The lowest BCUT2D eigenvalue weighted by atomic mass is 9.68. The highest BCUT2D eigenvalue weighted by Crippen LogP contribution is 2.42. The summed E-state index contributed by atoms with van der Waals surface area (Å²) in [7, 11) is 0. The van der Waals surface area contributed by atoms with E-state index in [1.54, 1.807) is 0 Å². The maximum atomic E-state index is 12.4. The van der Waals surface area contributed by atoms with E-state index in [1.165, 1.54) is 11.1 Å². The Kier molecular flexibility index (Phi) is 5.60. The summed E-state index contributed by atoms with van der Waals surface area (Å²) in [6, 6.07) is 8.24. The fourth-order valence-corrected chi connectivity index (χ4v) is 3.99. The lowest BCUT2D eigenvalue weighted by Crippen LogP contribution is -2.41. The van der Waals surface area contributed by atoms with Crippen molar-refractivity contribution in [2.75, 3.05) is 18.8 Å². The first kappa shape index (κ1) is 16.7. The van der Waals surface area contributed by atoms with Gasteiger partial charge in [-0.15, -0.1) is 0 Å². The third kappa shape index (κ3) is 4.39. The molecule has 21 heavy (non-hydrogen) atoms. The molecule has 1 N–H and O–H groups in total. The van der Waals surface area contributed by atoms with Crippen LogP contribution in [0.3, 0.4) is 0 Å². The number of fused-ring (bicyclic) bond motifs is 1. The van der Waals surface area contributed by atoms with Gasteiger partial charge in [0.25, 0.3) is 0 Å². The van der Waals surface area contributed by atoms with Crippen LogP contribution in [0.2, 0.25) is 0 Å². The lowest BCUT2D eigenvalue weighted by molar-refractivity contribution is -0.0328. The van der Waals surface area contributed by atoms with Gasteiger partial charge < -0.3 is 5.32 Å². The first-order valence-electron chi connectivity index (χ1n) is 7.47. The number of nitrogens with one attached hydrogen (secondary N) is 1. The molecule has 0 aromatic heterocycles. The van der Waals surface area contributed by atoms with Crippen LogP contribution in [0.15, 0.2) is 24.3 Å². The van der Waals surface area contributed by atoms with E-state index in [9.17, 15) is 13.2 Å². The molecule has 0 saturated heterocycles. The van der Waals surface area contributed by atoms with Crippen molar-refractivity contribution in [2.45, 2.75) is 43.5 Å². The van der Waals surface area contributed by atoms with Crippen molar-refractivity contribution in [2.24, 2.45) is 0 Å². The molecule has 1 aliphatic carbocycles. The molecule has 1 nitrogen and oxygen atoms in total. The van der Waals surface area contributed by atoms with Gasteiger partial charge in [-0.1, -0.05) is 43.0 Å². The second-order valence-electron chi connectivity index (χ2n) is 5.62. The smallest absolute Gasteiger partial charge is 0.316 e. The molecule has 1 unspecified atom stereocenters. The summed E-state index contributed by atoms with van der Waals surface area (Å²) in [4.78, 5) is 0. The molecule has 0 fully saturated rings. The van der Waals surface area contributed by atoms with Crippen LogP contribution in [-0.4, -0.2) is 24.4 Å². The SMILES string of the molecule is CCNCC1(CCSC(F)(F)F)CCCc2ccccc21. The van der Waals surface area contributed by atoms with Crippen LogP contribution in [0.4, 0.5) is 13.2 Å². The summed E-state index contributed by atoms with van der Waals surface area (Å²) in [6.07, 6.45) is 3.63. The predicted molar refractivity (Wildman–Crippen MR) is 82.7 cm³/mol. The van der Waals surface area contributed by atoms with Crippen LogP contribution in [0.5, 0.6) is 0 Å². The van der Waals surface area contributed by atoms with Crippen LogP contribution in [-0.2, 0) is 11.8 Å². The van der Waals surface area contributed by atoms with Crippen molar-refractivity contribution in [3.63, 3.8) is 0 Å². The highest BCUT2D eigenvalue weighted by atomic mass is 32.2. The average molecular weight is 317 g/mol. The summed E-state index contributed by atoms with van der Waals surface area (Å²) in [5, 5.41) is 3.36. The Morgan fingerprint density at radius 2 is 2.05 bits per heavy atom. The van der Waals surface area contributed by atoms with E-state index in [0.717, 1.165) is 32.4 Å². The molecule has 5 heteroatoms. The quantitative estimate of drug-likeness (QED) is 0.828. The molecule has 2 rings (SSSR count). The minimum atomic E-state index is -4.13. The lowest BCUT2D eigenvalue weighted by Gasteiger charge is -2.40. The topological polar surface area (TPSA) is 12.0 Å². The normalized spacial score (nSPS) is 22.1. The van der Waals surface area contributed by atoms with Crippen molar-refractivity contribution in [1.29, 1.82) is 0 Å². The number of aryl methyl sites for hydroxylation is 1. The van der Waals surface area contributed by atoms with Gasteiger partial charge in [-0.3, -0.25) is 0 Å². The predicted octanol–water partition coefficient (Wildman–Crippen LogP) is 4.51. The van der Waals surface area contributed by atoms with Gasteiger partial charge in [0.15, 0.2) is 0 Å². The average Bonchev–Trinajstić information content (AvgIpc) is 2.44. The van der Waals surface area contributed by atoms with E-state index in [1.807, 2.05) is 19.1 Å². The highest BCUT2D eigenvalue weighted by Gasteiger charge is 2.37. The van der Waals surface area contributed by atoms with Crippen LogP contribution < -0.4 is 5.32 Å². The Morgan fingerprint density at radius 3 is 2.76 bits per heavy atom. The fraction of sp³-hybridized carbons (Fsp3) is 0.625. The van der Waals surface area contributed by atoms with Crippen LogP contribution in [0.25, 0.3) is 0 Å². The molecule has 0 saturated carbocycles. The number of hydrogen-bond donors (Lipinski definition) is 1. The van der Waals surface area contributed by atoms with Crippen molar-refractivity contribution in [3.8, 4) is 0 Å². The van der Waals surface area contributed by atoms with Gasteiger partial charge in [-0.2, -0.15) is 13.2 Å². The number of benzene rings is 1. The van der Waals surface area contributed by atoms with E-state index in [4.69, 9.17) is 0 Å². The number of hydrogen-bond acceptors (Lipinski definition) is 2. The summed E-state index contributed by atoms with van der Waals surface area (Å²) in [6.45, 7) is 3.64. The molecule has 1 atom stereocenters. The molecular formula is C16H22F3NS. The van der Waals surface area contributed by atoms with Crippen molar-refractivity contribution in [1.82, 2.24) is 5.32 Å². The summed E-state index contributed by atoms with van der Waals surface area (Å²) in [5.41, 5.74) is -1.73. The minimum absolute atomic E-state index is 0.106. The third-order valence-electron chi connectivity index (χ3n) is 4.25. The molecule has 0 amide bonds. The Bertz CT molecular complexity index is 461. The maximum Gasteiger partial charge on any atom is 0.441 e. The van der Waals surface area contributed by atoms with E-state index in [-0.39, 0.29) is 22.9 Å². The van der Waals surface area contributed by atoms with Crippen molar-refractivity contribution >= 4 is 11.8 Å². The standard InChI is InChI=1S/C16H22F3NS/c1-2-20-12-15(10-11-21-16(17,18)19)9-5-7-13-6-3-4-8-14(13)15/h3-4,6,8,20H,2,5,7,9-12H2,1H3. The van der Waals surface area contributed by atoms with Gasteiger partial charge in [0, 0.05) is 17.7 Å². The van der Waals surface area contributed by atoms with E-state index < -0.39 is 5.51 Å². The second-order valence-corrected chi connectivity index (χ2v) is 6.78. The summed E-state index contributed by atoms with van der Waals surface area (Å²) >= 11 is 0.106. The number of alkyl halides is 3. The summed E-state index contributed by atoms with van der Waals surface area (Å²) < 4.78 is 37.3. The monoisotopic (exact) mass is 317 g/mol. The zero-order valence-corrected chi connectivity index (χ0v) is 13.1. The number of rotatable bonds is 6. The molecule has 0 heterocycles. The van der Waals surface area contributed by atoms with E-state index in [0.29, 0.717) is 6.42 Å². The molecule has 118 valence electrons. The van der Waals surface area contributed by atoms with Crippen LogP contribution >= 0.6 is 11.8 Å². The van der Waals surface area contributed by atoms with E-state index in [2.05, 4.69) is 17.4 Å². The summed E-state index contributed by atoms with van der Waals surface area (Å²) in [5.74, 6) is 0.128. The molecule has 0 radical (unpaired) electrons. The molecule has 0 bridgehead atoms. The minimum Gasteiger partial charge on any atom is -0.316 e. The van der Waals surface area contributed by atoms with Crippen LogP contribution in [0.1, 0.15) is 37.3 Å². The van der Waals surface area contributed by atoms with Gasteiger partial charge in [-0.05, 0) is 43.4 Å².